The highest BCUT2D eigenvalue weighted by molar-refractivity contribution is 5.75. The third kappa shape index (κ3) is 1.80. The molecule has 1 aliphatic heterocycles. The van der Waals surface area contributed by atoms with Crippen LogP contribution in [0.1, 0.15) is 29.0 Å². The molecule has 1 heterocycles. The van der Waals surface area contributed by atoms with Crippen LogP contribution in [0.15, 0.2) is 18.2 Å². The summed E-state index contributed by atoms with van der Waals surface area (Å²) in [5.41, 5.74) is 15.2. The van der Waals surface area contributed by atoms with Gasteiger partial charge in [0.1, 0.15) is 6.04 Å². The Bertz CT molecular complexity index is 489. The first-order valence-corrected chi connectivity index (χ1v) is 6.28. The number of nitrogens with two attached hydrogens (primary N) is 1. The summed E-state index contributed by atoms with van der Waals surface area (Å²) in [5, 5.41) is 9.20. The molecule has 1 fully saturated rings. The van der Waals surface area contributed by atoms with Crippen LogP contribution in [0.4, 0.5) is 0 Å². The molecule has 1 aromatic carbocycles. The van der Waals surface area contributed by atoms with E-state index in [1.807, 2.05) is 6.07 Å². The first-order valence-electron chi connectivity index (χ1n) is 6.28. The summed E-state index contributed by atoms with van der Waals surface area (Å²) in [6.45, 7) is 0. The van der Waals surface area contributed by atoms with E-state index in [9.17, 15) is 9.90 Å². The minimum Gasteiger partial charge on any atom is -0.480 e. The molecule has 3 rings (SSSR count). The maximum atomic E-state index is 11.2. The number of carboxylic acid groups (broad SMARTS) is 1. The van der Waals surface area contributed by atoms with Gasteiger partial charge in [-0.3, -0.25) is 4.79 Å². The molecule has 0 radical (unpaired) electrons. The molecule has 0 aromatic heterocycles. The Balaban J connectivity index is 1.95. The van der Waals surface area contributed by atoms with Crippen LogP contribution in [-0.2, 0) is 17.6 Å². The lowest BCUT2D eigenvalue weighted by Crippen LogP contribution is -2.39. The van der Waals surface area contributed by atoms with Gasteiger partial charge in [-0.15, -0.1) is 0 Å². The molecule has 96 valence electrons. The van der Waals surface area contributed by atoms with Crippen molar-refractivity contribution in [2.24, 2.45) is 5.73 Å². The van der Waals surface area contributed by atoms with Crippen LogP contribution in [0.3, 0.4) is 0 Å². The third-order valence-corrected chi connectivity index (χ3v) is 3.93. The van der Waals surface area contributed by atoms with Gasteiger partial charge in [0.15, 0.2) is 0 Å². The average Bonchev–Trinajstić information content (AvgIpc) is 2.93. The fourth-order valence-electron chi connectivity index (χ4n) is 2.99. The van der Waals surface area contributed by atoms with Gasteiger partial charge in [0.05, 0.1) is 6.17 Å². The fraction of sp³-hybridized carbons (Fsp3) is 0.462. The summed E-state index contributed by atoms with van der Waals surface area (Å²) in [4.78, 5) is 11.2. The molecule has 1 saturated heterocycles. The second kappa shape index (κ2) is 4.35. The van der Waals surface area contributed by atoms with Crippen LogP contribution in [-0.4, -0.2) is 23.3 Å². The van der Waals surface area contributed by atoms with Crippen molar-refractivity contribution >= 4 is 5.97 Å². The SMILES string of the molecule is NC1NNC(C(=O)O)C1c1ccc2c(c1)CCC2. The van der Waals surface area contributed by atoms with Crippen molar-refractivity contribution in [3.05, 3.63) is 34.9 Å². The molecule has 0 spiro atoms. The van der Waals surface area contributed by atoms with Crippen molar-refractivity contribution < 1.29 is 9.90 Å². The molecule has 5 N–H and O–H groups in total. The van der Waals surface area contributed by atoms with Crippen molar-refractivity contribution in [1.29, 1.82) is 0 Å². The quantitative estimate of drug-likeness (QED) is 0.595. The number of aliphatic carboxylic acids is 1. The van der Waals surface area contributed by atoms with Crippen LogP contribution in [0, 0.1) is 0 Å². The smallest absolute Gasteiger partial charge is 0.322 e. The van der Waals surface area contributed by atoms with Gasteiger partial charge in [0.25, 0.3) is 0 Å². The zero-order valence-electron chi connectivity index (χ0n) is 10.0. The van der Waals surface area contributed by atoms with Crippen LogP contribution < -0.4 is 16.6 Å². The van der Waals surface area contributed by atoms with Gasteiger partial charge in [-0.1, -0.05) is 18.2 Å². The van der Waals surface area contributed by atoms with Crippen molar-refractivity contribution in [3.8, 4) is 0 Å². The number of carboxylic acids is 1. The van der Waals surface area contributed by atoms with E-state index in [1.165, 1.54) is 17.5 Å². The molecular weight excluding hydrogens is 230 g/mol. The van der Waals surface area contributed by atoms with Crippen molar-refractivity contribution in [3.63, 3.8) is 0 Å². The maximum absolute atomic E-state index is 11.2. The zero-order valence-corrected chi connectivity index (χ0v) is 10.0. The predicted molar refractivity (Wildman–Crippen MR) is 66.9 cm³/mol. The van der Waals surface area contributed by atoms with Crippen LogP contribution >= 0.6 is 0 Å². The number of hydrogen-bond acceptors (Lipinski definition) is 4. The molecule has 1 aromatic rings. The second-order valence-corrected chi connectivity index (χ2v) is 5.04. The predicted octanol–water partition coefficient (Wildman–Crippen LogP) is 0.105. The number of nitrogens with one attached hydrogen (secondary N) is 2. The van der Waals surface area contributed by atoms with E-state index in [4.69, 9.17) is 5.73 Å². The average molecular weight is 247 g/mol. The molecule has 0 bridgehead atoms. The molecular formula is C13H17N3O2. The van der Waals surface area contributed by atoms with Gasteiger partial charge < -0.3 is 10.8 Å². The molecule has 5 nitrogen and oxygen atoms in total. The molecule has 5 heteroatoms. The fourth-order valence-corrected chi connectivity index (χ4v) is 2.99. The van der Waals surface area contributed by atoms with Crippen LogP contribution in [0.25, 0.3) is 0 Å². The van der Waals surface area contributed by atoms with Crippen LogP contribution in [0.5, 0.6) is 0 Å². The van der Waals surface area contributed by atoms with Gasteiger partial charge in [0.2, 0.25) is 0 Å². The number of hydrazine groups is 1. The van der Waals surface area contributed by atoms with Crippen LogP contribution in [0.2, 0.25) is 0 Å². The lowest BCUT2D eigenvalue weighted by atomic mass is 9.89. The Morgan fingerprint density at radius 2 is 2.06 bits per heavy atom. The molecule has 1 aliphatic carbocycles. The number of fused-ring (bicyclic) bond motifs is 1. The molecule has 18 heavy (non-hydrogen) atoms. The second-order valence-electron chi connectivity index (χ2n) is 5.04. The monoisotopic (exact) mass is 247 g/mol. The number of aryl methyl sites for hydroxylation is 2. The van der Waals surface area contributed by atoms with E-state index >= 15 is 0 Å². The van der Waals surface area contributed by atoms with Gasteiger partial charge in [-0.25, -0.2) is 10.9 Å². The van der Waals surface area contributed by atoms with E-state index in [2.05, 4.69) is 23.0 Å². The van der Waals surface area contributed by atoms with Gasteiger partial charge in [0, 0.05) is 5.92 Å². The topological polar surface area (TPSA) is 87.4 Å². The van der Waals surface area contributed by atoms with Gasteiger partial charge >= 0.3 is 5.97 Å². The normalized spacial score (nSPS) is 30.4. The molecule has 2 aliphatic rings. The zero-order chi connectivity index (χ0) is 12.7. The standard InChI is InChI=1S/C13H17N3O2/c14-12-10(11(13(17)18)15-16-12)9-5-4-7-2-1-3-8(7)6-9/h4-6,10-12,15-16H,1-3,14H2,(H,17,18). The van der Waals surface area contributed by atoms with E-state index < -0.39 is 12.0 Å². The number of carbonyl (C=O) groups is 1. The summed E-state index contributed by atoms with van der Waals surface area (Å²) < 4.78 is 0. The number of benzene rings is 1. The first kappa shape index (κ1) is 11.6. The largest absolute Gasteiger partial charge is 0.480 e. The highest BCUT2D eigenvalue weighted by Gasteiger charge is 2.39. The molecule has 3 unspecified atom stereocenters. The number of hydrogen-bond donors (Lipinski definition) is 4. The van der Waals surface area contributed by atoms with Gasteiger partial charge in [-0.2, -0.15) is 0 Å². The Labute approximate surface area is 105 Å². The van der Waals surface area contributed by atoms with E-state index in [-0.39, 0.29) is 12.1 Å². The minimum absolute atomic E-state index is 0.228. The maximum Gasteiger partial charge on any atom is 0.322 e. The lowest BCUT2D eigenvalue weighted by Gasteiger charge is -2.19. The summed E-state index contributed by atoms with van der Waals surface area (Å²) in [5.74, 6) is -1.10. The van der Waals surface area contributed by atoms with Crippen molar-refractivity contribution in [2.45, 2.75) is 37.4 Å². The summed E-state index contributed by atoms with van der Waals surface area (Å²) >= 11 is 0. The summed E-state index contributed by atoms with van der Waals surface area (Å²) in [6, 6.07) is 5.58. The third-order valence-electron chi connectivity index (χ3n) is 3.93. The van der Waals surface area contributed by atoms with Gasteiger partial charge in [-0.05, 0) is 36.0 Å². The Morgan fingerprint density at radius 1 is 1.28 bits per heavy atom. The Morgan fingerprint density at radius 3 is 2.83 bits per heavy atom. The molecule has 0 amide bonds. The van der Waals surface area contributed by atoms with E-state index in [0.717, 1.165) is 18.4 Å². The van der Waals surface area contributed by atoms with E-state index in [1.54, 1.807) is 0 Å². The molecule has 0 saturated carbocycles. The number of rotatable bonds is 2. The minimum atomic E-state index is -0.874. The highest BCUT2D eigenvalue weighted by atomic mass is 16.4. The van der Waals surface area contributed by atoms with E-state index in [0.29, 0.717) is 0 Å². The Kier molecular flexibility index (Phi) is 2.81. The lowest BCUT2D eigenvalue weighted by molar-refractivity contribution is -0.139. The summed E-state index contributed by atoms with van der Waals surface area (Å²) in [6.07, 6.45) is 3.04. The van der Waals surface area contributed by atoms with Crippen molar-refractivity contribution in [1.82, 2.24) is 10.9 Å². The van der Waals surface area contributed by atoms with Crippen molar-refractivity contribution in [2.75, 3.05) is 0 Å². The Hall–Kier alpha value is -1.43. The highest BCUT2D eigenvalue weighted by Crippen LogP contribution is 2.30. The first-order chi connectivity index (χ1) is 8.66. The molecule has 3 atom stereocenters. The summed E-state index contributed by atoms with van der Waals surface area (Å²) in [7, 11) is 0.